The minimum absolute atomic E-state index is 0.0115. The van der Waals surface area contributed by atoms with Crippen LogP contribution in [0.2, 0.25) is 0 Å². The van der Waals surface area contributed by atoms with Crippen molar-refractivity contribution >= 4 is 16.8 Å². The number of H-pyrrole nitrogens is 1. The van der Waals surface area contributed by atoms with Crippen molar-refractivity contribution in [2.24, 2.45) is 0 Å². The molecule has 3 rings (SSSR count). The second kappa shape index (κ2) is 6.01. The summed E-state index contributed by atoms with van der Waals surface area (Å²) in [6.07, 6.45) is 2.68. The number of fused-ring (bicyclic) bond motifs is 1. The molecule has 0 aliphatic heterocycles. The van der Waals surface area contributed by atoms with E-state index in [1.54, 1.807) is 0 Å². The molecule has 22 heavy (non-hydrogen) atoms. The first-order valence-electron chi connectivity index (χ1n) is 7.31. The third-order valence-corrected chi connectivity index (χ3v) is 3.30. The summed E-state index contributed by atoms with van der Waals surface area (Å²) in [5, 5.41) is 7.96. The standard InChI is InChI=1S/C16H18N4O2/c1-10(2)18-14(21)5-6-15-19-16(20-22-15)12-4-3-11-7-8-17-13(11)9-12/h3-4,7-10,17H,5-6H2,1-2H3,(H,18,21). The van der Waals surface area contributed by atoms with Gasteiger partial charge in [0.2, 0.25) is 17.6 Å². The maximum absolute atomic E-state index is 11.6. The Hall–Kier alpha value is -2.63. The molecule has 0 saturated carbocycles. The average Bonchev–Trinajstić information content (AvgIpc) is 3.12. The van der Waals surface area contributed by atoms with Crippen molar-refractivity contribution in [1.29, 1.82) is 0 Å². The third-order valence-electron chi connectivity index (χ3n) is 3.30. The van der Waals surface area contributed by atoms with Crippen LogP contribution in [0.5, 0.6) is 0 Å². The number of carbonyl (C=O) groups excluding carboxylic acids is 1. The lowest BCUT2D eigenvalue weighted by atomic mass is 10.1. The monoisotopic (exact) mass is 298 g/mol. The summed E-state index contributed by atoms with van der Waals surface area (Å²) >= 11 is 0. The number of hydrogen-bond donors (Lipinski definition) is 2. The highest BCUT2D eigenvalue weighted by Crippen LogP contribution is 2.21. The van der Waals surface area contributed by atoms with Gasteiger partial charge in [0.15, 0.2) is 0 Å². The first kappa shape index (κ1) is 14.3. The molecule has 2 heterocycles. The van der Waals surface area contributed by atoms with E-state index in [9.17, 15) is 4.79 Å². The lowest BCUT2D eigenvalue weighted by Gasteiger charge is -2.06. The topological polar surface area (TPSA) is 83.8 Å². The number of benzene rings is 1. The van der Waals surface area contributed by atoms with Crippen molar-refractivity contribution in [1.82, 2.24) is 20.4 Å². The summed E-state index contributed by atoms with van der Waals surface area (Å²) in [6, 6.07) is 8.09. The van der Waals surface area contributed by atoms with Crippen LogP contribution in [-0.2, 0) is 11.2 Å². The minimum atomic E-state index is -0.0115. The van der Waals surface area contributed by atoms with Gasteiger partial charge in [-0.15, -0.1) is 0 Å². The number of rotatable bonds is 5. The lowest BCUT2D eigenvalue weighted by Crippen LogP contribution is -2.30. The Kier molecular flexibility index (Phi) is 3.91. The molecule has 6 heteroatoms. The molecule has 2 aromatic heterocycles. The zero-order valence-corrected chi connectivity index (χ0v) is 12.6. The number of aromatic amines is 1. The molecular weight excluding hydrogens is 280 g/mol. The number of aryl methyl sites for hydroxylation is 1. The third kappa shape index (κ3) is 3.16. The van der Waals surface area contributed by atoms with Gasteiger partial charge in [0, 0.05) is 36.2 Å². The number of aromatic nitrogens is 3. The predicted molar refractivity (Wildman–Crippen MR) is 83.2 cm³/mol. The van der Waals surface area contributed by atoms with Crippen LogP contribution in [0.4, 0.5) is 0 Å². The van der Waals surface area contributed by atoms with Gasteiger partial charge in [-0.25, -0.2) is 0 Å². The van der Waals surface area contributed by atoms with Crippen LogP contribution in [0.15, 0.2) is 35.0 Å². The van der Waals surface area contributed by atoms with Crippen molar-refractivity contribution in [3.05, 3.63) is 36.4 Å². The van der Waals surface area contributed by atoms with Crippen molar-refractivity contribution in [2.75, 3.05) is 0 Å². The quantitative estimate of drug-likeness (QED) is 0.758. The molecule has 114 valence electrons. The summed E-state index contributed by atoms with van der Waals surface area (Å²) in [7, 11) is 0. The number of amides is 1. The molecular formula is C16H18N4O2. The zero-order chi connectivity index (χ0) is 15.5. The molecule has 1 amide bonds. The van der Waals surface area contributed by atoms with E-state index >= 15 is 0 Å². The highest BCUT2D eigenvalue weighted by molar-refractivity contribution is 5.83. The SMILES string of the molecule is CC(C)NC(=O)CCc1nc(-c2ccc3cc[nH]c3c2)no1. The van der Waals surface area contributed by atoms with Crippen LogP contribution in [0.25, 0.3) is 22.3 Å². The van der Waals surface area contributed by atoms with E-state index in [1.807, 2.05) is 44.3 Å². The second-order valence-corrected chi connectivity index (χ2v) is 5.51. The van der Waals surface area contributed by atoms with Crippen LogP contribution in [0.3, 0.4) is 0 Å². The van der Waals surface area contributed by atoms with E-state index in [0.717, 1.165) is 16.5 Å². The van der Waals surface area contributed by atoms with Gasteiger partial charge < -0.3 is 14.8 Å². The van der Waals surface area contributed by atoms with E-state index in [0.29, 0.717) is 24.6 Å². The molecule has 6 nitrogen and oxygen atoms in total. The minimum Gasteiger partial charge on any atom is -0.361 e. The Bertz CT molecular complexity index is 788. The largest absolute Gasteiger partial charge is 0.361 e. The molecule has 0 aliphatic carbocycles. The fraction of sp³-hybridized carbons (Fsp3) is 0.312. The molecule has 0 saturated heterocycles. The Balaban J connectivity index is 1.69. The molecule has 0 unspecified atom stereocenters. The Labute approximate surface area is 127 Å². The first-order chi connectivity index (χ1) is 10.6. The predicted octanol–water partition coefficient (Wildman–Crippen LogP) is 2.68. The molecule has 0 spiro atoms. The fourth-order valence-electron chi connectivity index (χ4n) is 2.28. The van der Waals surface area contributed by atoms with Crippen molar-refractivity contribution in [3.63, 3.8) is 0 Å². The molecule has 0 bridgehead atoms. The van der Waals surface area contributed by atoms with Crippen molar-refractivity contribution in [2.45, 2.75) is 32.7 Å². The maximum Gasteiger partial charge on any atom is 0.227 e. The molecule has 0 aliphatic rings. The van der Waals surface area contributed by atoms with Gasteiger partial charge in [-0.05, 0) is 31.4 Å². The maximum atomic E-state index is 11.6. The Morgan fingerprint density at radius 1 is 1.36 bits per heavy atom. The summed E-state index contributed by atoms with van der Waals surface area (Å²) < 4.78 is 5.22. The van der Waals surface area contributed by atoms with Crippen molar-refractivity contribution < 1.29 is 9.32 Å². The van der Waals surface area contributed by atoms with Crippen LogP contribution >= 0.6 is 0 Å². The van der Waals surface area contributed by atoms with Gasteiger partial charge >= 0.3 is 0 Å². The fourth-order valence-corrected chi connectivity index (χ4v) is 2.28. The molecule has 3 aromatic rings. The van der Waals surface area contributed by atoms with E-state index in [1.165, 1.54) is 0 Å². The zero-order valence-electron chi connectivity index (χ0n) is 12.6. The Morgan fingerprint density at radius 3 is 3.05 bits per heavy atom. The molecule has 1 aromatic carbocycles. The summed E-state index contributed by atoms with van der Waals surface area (Å²) in [6.45, 7) is 3.86. The van der Waals surface area contributed by atoms with Crippen molar-refractivity contribution in [3.8, 4) is 11.4 Å². The number of nitrogens with zero attached hydrogens (tertiary/aromatic N) is 2. The Morgan fingerprint density at radius 2 is 2.23 bits per heavy atom. The highest BCUT2D eigenvalue weighted by atomic mass is 16.5. The van der Waals surface area contributed by atoms with Crippen LogP contribution in [0, 0.1) is 0 Å². The average molecular weight is 298 g/mol. The van der Waals surface area contributed by atoms with E-state index in [-0.39, 0.29) is 11.9 Å². The summed E-state index contributed by atoms with van der Waals surface area (Å²) in [5.74, 6) is 0.999. The lowest BCUT2D eigenvalue weighted by molar-refractivity contribution is -0.121. The van der Waals surface area contributed by atoms with Gasteiger partial charge in [-0.1, -0.05) is 17.3 Å². The normalized spacial score (nSPS) is 11.2. The first-order valence-corrected chi connectivity index (χ1v) is 7.31. The van der Waals surface area contributed by atoms with Gasteiger partial charge in [0.05, 0.1) is 0 Å². The van der Waals surface area contributed by atoms with Gasteiger partial charge in [0.1, 0.15) is 0 Å². The van der Waals surface area contributed by atoms with E-state index in [2.05, 4.69) is 20.4 Å². The van der Waals surface area contributed by atoms with Crippen LogP contribution < -0.4 is 5.32 Å². The number of hydrogen-bond acceptors (Lipinski definition) is 4. The highest BCUT2D eigenvalue weighted by Gasteiger charge is 2.11. The molecule has 0 radical (unpaired) electrons. The second-order valence-electron chi connectivity index (χ2n) is 5.51. The van der Waals surface area contributed by atoms with Gasteiger partial charge in [0.25, 0.3) is 0 Å². The van der Waals surface area contributed by atoms with Gasteiger partial charge in [-0.3, -0.25) is 4.79 Å². The summed E-state index contributed by atoms with van der Waals surface area (Å²) in [5.41, 5.74) is 1.91. The van der Waals surface area contributed by atoms with Crippen LogP contribution in [-0.4, -0.2) is 27.1 Å². The molecule has 0 fully saturated rings. The van der Waals surface area contributed by atoms with Crippen LogP contribution in [0.1, 0.15) is 26.2 Å². The number of nitrogens with one attached hydrogen (secondary N) is 2. The number of carbonyl (C=O) groups is 1. The van der Waals surface area contributed by atoms with Gasteiger partial charge in [-0.2, -0.15) is 4.98 Å². The molecule has 0 atom stereocenters. The van der Waals surface area contributed by atoms with E-state index in [4.69, 9.17) is 4.52 Å². The van der Waals surface area contributed by atoms with E-state index < -0.39 is 0 Å². The molecule has 2 N–H and O–H groups in total. The summed E-state index contributed by atoms with van der Waals surface area (Å²) in [4.78, 5) is 19.1. The smallest absolute Gasteiger partial charge is 0.227 e.